The van der Waals surface area contributed by atoms with Crippen LogP contribution in [0.1, 0.15) is 49.9 Å². The van der Waals surface area contributed by atoms with Gasteiger partial charge in [0.15, 0.2) is 0 Å². The summed E-state index contributed by atoms with van der Waals surface area (Å²) in [4.78, 5) is 26.7. The zero-order chi connectivity index (χ0) is 18.4. The number of benzene rings is 1. The fourth-order valence-corrected chi connectivity index (χ4v) is 3.32. The average Bonchev–Trinajstić information content (AvgIpc) is 2.64. The summed E-state index contributed by atoms with van der Waals surface area (Å²) >= 11 is 0. The molecule has 5 nitrogen and oxygen atoms in total. The molecule has 2 amide bonds. The van der Waals surface area contributed by atoms with Gasteiger partial charge >= 0.3 is 0 Å². The number of halogens is 1. The molecule has 1 heterocycles. The maximum atomic E-state index is 13.8. The van der Waals surface area contributed by atoms with E-state index in [-0.39, 0.29) is 23.4 Å². The number of nitrogens with two attached hydrogens (primary N) is 1. The molecule has 0 bridgehead atoms. The van der Waals surface area contributed by atoms with Gasteiger partial charge in [0, 0.05) is 25.7 Å². The Hall–Kier alpha value is -1.95. The minimum absolute atomic E-state index is 0.00104. The summed E-state index contributed by atoms with van der Waals surface area (Å²) < 4.78 is 13.8. The first-order valence-corrected chi connectivity index (χ1v) is 9.02. The number of hydrogen-bond donors (Lipinski definition) is 2. The molecular formula is C19H28FN3O2. The van der Waals surface area contributed by atoms with E-state index in [4.69, 9.17) is 5.73 Å². The second kappa shape index (κ2) is 8.43. The summed E-state index contributed by atoms with van der Waals surface area (Å²) in [5.74, 6) is -0.790. The summed E-state index contributed by atoms with van der Waals surface area (Å²) in [5, 5.41) is 3.09. The van der Waals surface area contributed by atoms with Crippen LogP contribution in [0, 0.1) is 11.2 Å². The Morgan fingerprint density at radius 3 is 2.36 bits per heavy atom. The van der Waals surface area contributed by atoms with Crippen LogP contribution in [0.5, 0.6) is 0 Å². The number of carbonyl (C=O) groups excluding carboxylic acids is 2. The Bertz CT molecular complexity index is 600. The van der Waals surface area contributed by atoms with Gasteiger partial charge in [0.05, 0.1) is 11.0 Å². The van der Waals surface area contributed by atoms with Gasteiger partial charge in [0.25, 0.3) is 5.91 Å². The van der Waals surface area contributed by atoms with Crippen LogP contribution in [-0.2, 0) is 4.79 Å². The molecule has 1 aliphatic rings. The molecule has 0 radical (unpaired) electrons. The van der Waals surface area contributed by atoms with Crippen molar-refractivity contribution in [2.45, 2.75) is 45.6 Å². The molecule has 2 rings (SSSR count). The standard InChI is InChI=1S/C19H28FN3O2/c1-3-19(4-2,13-21)18(25)22-14-9-11-23(12-10-14)17(24)15-7-5-6-8-16(15)20/h5-8,14H,3-4,9-13,21H2,1-2H3,(H,22,25). The van der Waals surface area contributed by atoms with Gasteiger partial charge in [-0.3, -0.25) is 9.59 Å². The first-order chi connectivity index (χ1) is 12.0. The van der Waals surface area contributed by atoms with Crippen molar-refractivity contribution < 1.29 is 14.0 Å². The van der Waals surface area contributed by atoms with E-state index in [9.17, 15) is 14.0 Å². The molecule has 138 valence electrons. The van der Waals surface area contributed by atoms with Crippen LogP contribution in [0.4, 0.5) is 4.39 Å². The van der Waals surface area contributed by atoms with Crippen LogP contribution >= 0.6 is 0 Å². The minimum atomic E-state index is -0.514. The molecule has 6 heteroatoms. The first kappa shape index (κ1) is 19.4. The summed E-state index contributed by atoms with van der Waals surface area (Å²) in [5.41, 5.74) is 5.41. The van der Waals surface area contributed by atoms with Crippen molar-refractivity contribution in [3.05, 3.63) is 35.6 Å². The first-order valence-electron chi connectivity index (χ1n) is 9.02. The average molecular weight is 349 g/mol. The van der Waals surface area contributed by atoms with Crippen molar-refractivity contribution >= 4 is 11.8 Å². The Labute approximate surface area is 148 Å². The van der Waals surface area contributed by atoms with Gasteiger partial charge in [0.1, 0.15) is 5.82 Å². The van der Waals surface area contributed by atoms with E-state index in [1.54, 1.807) is 17.0 Å². The summed E-state index contributed by atoms with van der Waals surface area (Å²) in [6, 6.07) is 6.05. The number of nitrogens with zero attached hydrogens (tertiary/aromatic N) is 1. The zero-order valence-corrected chi connectivity index (χ0v) is 15.1. The largest absolute Gasteiger partial charge is 0.353 e. The van der Waals surface area contributed by atoms with Crippen LogP contribution < -0.4 is 11.1 Å². The highest BCUT2D eigenvalue weighted by Gasteiger charge is 2.35. The second-order valence-corrected chi connectivity index (χ2v) is 6.71. The molecule has 0 aromatic heterocycles. The summed E-state index contributed by atoms with van der Waals surface area (Å²) in [6.45, 7) is 5.30. The highest BCUT2D eigenvalue weighted by molar-refractivity contribution is 5.94. The number of rotatable bonds is 6. The monoisotopic (exact) mass is 349 g/mol. The third-order valence-electron chi connectivity index (χ3n) is 5.45. The molecule has 3 N–H and O–H groups in total. The fourth-order valence-electron chi connectivity index (χ4n) is 3.32. The lowest BCUT2D eigenvalue weighted by molar-refractivity contribution is -0.132. The lowest BCUT2D eigenvalue weighted by atomic mass is 9.81. The predicted molar refractivity (Wildman–Crippen MR) is 95.5 cm³/mol. The van der Waals surface area contributed by atoms with E-state index in [2.05, 4.69) is 5.32 Å². The molecule has 0 spiro atoms. The Morgan fingerprint density at radius 1 is 1.24 bits per heavy atom. The van der Waals surface area contributed by atoms with Crippen molar-refractivity contribution in [1.82, 2.24) is 10.2 Å². The normalized spacial score (nSPS) is 15.9. The Balaban J connectivity index is 1.93. The zero-order valence-electron chi connectivity index (χ0n) is 15.1. The quantitative estimate of drug-likeness (QED) is 0.827. The van der Waals surface area contributed by atoms with Crippen LogP contribution in [-0.4, -0.2) is 42.4 Å². The number of piperidine rings is 1. The van der Waals surface area contributed by atoms with Gasteiger partial charge in [-0.25, -0.2) is 4.39 Å². The molecule has 1 saturated heterocycles. The van der Waals surface area contributed by atoms with Gasteiger partial charge in [-0.15, -0.1) is 0 Å². The van der Waals surface area contributed by atoms with Crippen molar-refractivity contribution in [2.75, 3.05) is 19.6 Å². The Morgan fingerprint density at radius 2 is 1.84 bits per heavy atom. The van der Waals surface area contributed by atoms with Gasteiger partial charge < -0.3 is 16.0 Å². The van der Waals surface area contributed by atoms with E-state index in [1.807, 2.05) is 13.8 Å². The smallest absolute Gasteiger partial charge is 0.256 e. The van der Waals surface area contributed by atoms with Crippen LogP contribution in [0.3, 0.4) is 0 Å². The minimum Gasteiger partial charge on any atom is -0.353 e. The van der Waals surface area contributed by atoms with E-state index < -0.39 is 11.2 Å². The van der Waals surface area contributed by atoms with Crippen molar-refractivity contribution in [3.63, 3.8) is 0 Å². The number of amides is 2. The topological polar surface area (TPSA) is 75.4 Å². The molecule has 1 aliphatic heterocycles. The molecule has 0 saturated carbocycles. The highest BCUT2D eigenvalue weighted by Crippen LogP contribution is 2.26. The van der Waals surface area contributed by atoms with Gasteiger partial charge in [-0.05, 0) is 37.8 Å². The van der Waals surface area contributed by atoms with E-state index in [0.717, 1.165) is 0 Å². The van der Waals surface area contributed by atoms with Gasteiger partial charge in [-0.2, -0.15) is 0 Å². The lowest BCUT2D eigenvalue weighted by Crippen LogP contribution is -2.52. The molecular weight excluding hydrogens is 321 g/mol. The van der Waals surface area contributed by atoms with E-state index in [1.165, 1.54) is 12.1 Å². The number of hydrogen-bond acceptors (Lipinski definition) is 3. The summed E-state index contributed by atoms with van der Waals surface area (Å²) in [7, 11) is 0. The Kier molecular flexibility index (Phi) is 6.53. The third-order valence-corrected chi connectivity index (χ3v) is 5.45. The van der Waals surface area contributed by atoms with E-state index >= 15 is 0 Å². The molecule has 1 aromatic carbocycles. The SMILES string of the molecule is CCC(CC)(CN)C(=O)NC1CCN(C(=O)c2ccccc2F)CC1. The molecule has 0 aliphatic carbocycles. The summed E-state index contributed by atoms with van der Waals surface area (Å²) in [6.07, 6.45) is 2.74. The number of nitrogens with one attached hydrogen (secondary N) is 1. The maximum absolute atomic E-state index is 13.8. The molecule has 0 unspecified atom stereocenters. The molecule has 1 aromatic rings. The van der Waals surface area contributed by atoms with E-state index in [0.29, 0.717) is 45.3 Å². The third kappa shape index (κ3) is 4.18. The lowest BCUT2D eigenvalue weighted by Gasteiger charge is -2.35. The van der Waals surface area contributed by atoms with Crippen molar-refractivity contribution in [2.24, 2.45) is 11.1 Å². The number of carbonyl (C=O) groups is 2. The predicted octanol–water partition coefficient (Wildman–Crippen LogP) is 2.31. The second-order valence-electron chi connectivity index (χ2n) is 6.71. The van der Waals surface area contributed by atoms with Crippen molar-refractivity contribution in [3.8, 4) is 0 Å². The van der Waals surface area contributed by atoms with Gasteiger partial charge in [0.2, 0.25) is 5.91 Å². The van der Waals surface area contributed by atoms with Crippen LogP contribution in [0.25, 0.3) is 0 Å². The molecule has 25 heavy (non-hydrogen) atoms. The van der Waals surface area contributed by atoms with Crippen LogP contribution in [0.15, 0.2) is 24.3 Å². The van der Waals surface area contributed by atoms with Crippen molar-refractivity contribution in [1.29, 1.82) is 0 Å². The fraction of sp³-hybridized carbons (Fsp3) is 0.579. The highest BCUT2D eigenvalue weighted by atomic mass is 19.1. The molecule has 1 fully saturated rings. The maximum Gasteiger partial charge on any atom is 0.256 e. The van der Waals surface area contributed by atoms with Gasteiger partial charge in [-0.1, -0.05) is 26.0 Å². The number of likely N-dealkylation sites (tertiary alicyclic amines) is 1. The molecule has 0 atom stereocenters. The van der Waals surface area contributed by atoms with Crippen LogP contribution in [0.2, 0.25) is 0 Å².